The van der Waals surface area contributed by atoms with Gasteiger partial charge in [-0.05, 0) is 39.0 Å². The van der Waals surface area contributed by atoms with E-state index in [1.54, 1.807) is 0 Å². The van der Waals surface area contributed by atoms with E-state index in [2.05, 4.69) is 21.6 Å². The molecular weight excluding hydrogens is 240 g/mol. The normalized spacial score (nSPS) is 13.0. The number of nitrogens with zero attached hydrogens (tertiary/aromatic N) is 3. The first-order chi connectivity index (χ1) is 9.08. The van der Waals surface area contributed by atoms with Crippen LogP contribution in [0.1, 0.15) is 30.0 Å². The minimum absolute atomic E-state index is 0.125. The third-order valence-corrected chi connectivity index (χ3v) is 3.52. The highest BCUT2D eigenvalue weighted by Gasteiger charge is 2.19. The Hall–Kier alpha value is -2.30. The minimum Gasteiger partial charge on any atom is -0.399 e. The number of aromatic nitrogens is 3. The van der Waals surface area contributed by atoms with Crippen LogP contribution in [0.5, 0.6) is 0 Å². The summed E-state index contributed by atoms with van der Waals surface area (Å²) in [5.74, 6) is 0.849. The second-order valence-electron chi connectivity index (χ2n) is 4.81. The van der Waals surface area contributed by atoms with Gasteiger partial charge in [-0.2, -0.15) is 0 Å². The van der Waals surface area contributed by atoms with Crippen molar-refractivity contribution in [2.24, 2.45) is 0 Å². The van der Waals surface area contributed by atoms with Crippen LogP contribution in [0, 0.1) is 13.8 Å². The summed E-state index contributed by atoms with van der Waals surface area (Å²) in [7, 11) is 0. The maximum Gasteiger partial charge on any atom is 0.139 e. The highest BCUT2D eigenvalue weighted by molar-refractivity contribution is 5.79. The number of rotatable bonds is 2. The molecule has 0 aliphatic heterocycles. The van der Waals surface area contributed by atoms with Gasteiger partial charge in [0.15, 0.2) is 0 Å². The molecule has 3 aromatic rings. The SMILES string of the molecule is Cc1noc(C)c1C(C)n1cnc2cc(N)ccc21. The number of benzene rings is 1. The predicted molar refractivity (Wildman–Crippen MR) is 73.9 cm³/mol. The maximum absolute atomic E-state index is 5.78. The van der Waals surface area contributed by atoms with Crippen molar-refractivity contribution in [1.82, 2.24) is 14.7 Å². The Morgan fingerprint density at radius 1 is 1.32 bits per heavy atom. The molecule has 1 unspecified atom stereocenters. The molecule has 3 rings (SSSR count). The molecule has 0 aliphatic carbocycles. The summed E-state index contributed by atoms with van der Waals surface area (Å²) < 4.78 is 7.35. The van der Waals surface area contributed by atoms with Gasteiger partial charge >= 0.3 is 0 Å². The molecule has 0 bridgehead atoms. The number of hydrogen-bond acceptors (Lipinski definition) is 4. The molecule has 0 spiro atoms. The van der Waals surface area contributed by atoms with Crippen LogP contribution < -0.4 is 5.73 Å². The fraction of sp³-hybridized carbons (Fsp3) is 0.286. The van der Waals surface area contributed by atoms with Crippen LogP contribution >= 0.6 is 0 Å². The zero-order chi connectivity index (χ0) is 13.6. The molecule has 0 fully saturated rings. The van der Waals surface area contributed by atoms with Gasteiger partial charge in [-0.15, -0.1) is 0 Å². The Balaban J connectivity index is 2.14. The molecular formula is C14H16N4O. The third-order valence-electron chi connectivity index (χ3n) is 3.52. The van der Waals surface area contributed by atoms with Gasteiger partial charge in [-0.25, -0.2) is 4.98 Å². The molecule has 0 radical (unpaired) electrons. The van der Waals surface area contributed by atoms with E-state index in [1.807, 2.05) is 38.4 Å². The molecule has 19 heavy (non-hydrogen) atoms. The van der Waals surface area contributed by atoms with Crippen molar-refractivity contribution >= 4 is 16.7 Å². The van der Waals surface area contributed by atoms with Gasteiger partial charge in [-0.3, -0.25) is 0 Å². The Morgan fingerprint density at radius 2 is 2.11 bits per heavy atom. The van der Waals surface area contributed by atoms with Crippen LogP contribution in [0.2, 0.25) is 0 Å². The molecule has 0 aliphatic rings. The second-order valence-corrected chi connectivity index (χ2v) is 4.81. The van der Waals surface area contributed by atoms with Gasteiger partial charge in [-0.1, -0.05) is 5.16 Å². The van der Waals surface area contributed by atoms with E-state index >= 15 is 0 Å². The maximum atomic E-state index is 5.78. The molecule has 0 saturated heterocycles. The smallest absolute Gasteiger partial charge is 0.139 e. The van der Waals surface area contributed by atoms with Crippen LogP contribution in [0.25, 0.3) is 11.0 Å². The van der Waals surface area contributed by atoms with Crippen molar-refractivity contribution in [3.05, 3.63) is 41.5 Å². The van der Waals surface area contributed by atoms with Crippen molar-refractivity contribution in [1.29, 1.82) is 0 Å². The lowest BCUT2D eigenvalue weighted by Gasteiger charge is -2.14. The van der Waals surface area contributed by atoms with Crippen molar-refractivity contribution < 1.29 is 4.52 Å². The number of anilines is 1. The number of fused-ring (bicyclic) bond motifs is 1. The van der Waals surface area contributed by atoms with E-state index in [4.69, 9.17) is 10.3 Å². The molecule has 2 heterocycles. The average molecular weight is 256 g/mol. The van der Waals surface area contributed by atoms with Crippen molar-refractivity contribution in [3.8, 4) is 0 Å². The molecule has 2 aromatic heterocycles. The van der Waals surface area contributed by atoms with E-state index in [9.17, 15) is 0 Å². The molecule has 98 valence electrons. The fourth-order valence-corrected chi connectivity index (χ4v) is 2.58. The predicted octanol–water partition coefficient (Wildman–Crippen LogP) is 2.83. The van der Waals surface area contributed by atoms with Crippen LogP contribution in [-0.2, 0) is 0 Å². The van der Waals surface area contributed by atoms with E-state index in [-0.39, 0.29) is 6.04 Å². The molecule has 0 amide bonds. The standard InChI is InChI=1S/C14H16N4O/c1-8-14(10(3)19-17-8)9(2)18-7-16-12-6-11(15)4-5-13(12)18/h4-7,9H,15H2,1-3H3. The first-order valence-electron chi connectivity index (χ1n) is 6.22. The molecule has 2 N–H and O–H groups in total. The number of nitrogen functional groups attached to an aromatic ring is 1. The fourth-order valence-electron chi connectivity index (χ4n) is 2.58. The summed E-state index contributed by atoms with van der Waals surface area (Å²) in [6.45, 7) is 6.01. The number of imidazole rings is 1. The summed E-state index contributed by atoms with van der Waals surface area (Å²) in [5.41, 5.74) is 10.5. The first-order valence-corrected chi connectivity index (χ1v) is 6.22. The Bertz CT molecular complexity index is 722. The molecule has 0 saturated carbocycles. The zero-order valence-corrected chi connectivity index (χ0v) is 11.2. The van der Waals surface area contributed by atoms with Crippen molar-refractivity contribution in [3.63, 3.8) is 0 Å². The summed E-state index contributed by atoms with van der Waals surface area (Å²) in [5, 5.41) is 4.01. The Labute approximate surface area is 111 Å². The van der Waals surface area contributed by atoms with Crippen LogP contribution in [-0.4, -0.2) is 14.7 Å². The Morgan fingerprint density at radius 3 is 2.79 bits per heavy atom. The quantitative estimate of drug-likeness (QED) is 0.716. The van der Waals surface area contributed by atoms with Gasteiger partial charge in [0.1, 0.15) is 5.76 Å². The number of nitrogens with two attached hydrogens (primary N) is 1. The van der Waals surface area contributed by atoms with Gasteiger partial charge in [0.2, 0.25) is 0 Å². The summed E-state index contributed by atoms with van der Waals surface area (Å²) in [6.07, 6.45) is 1.83. The van der Waals surface area contributed by atoms with Gasteiger partial charge < -0.3 is 14.8 Å². The third kappa shape index (κ3) is 1.78. The van der Waals surface area contributed by atoms with E-state index in [0.717, 1.165) is 33.7 Å². The van der Waals surface area contributed by atoms with Crippen LogP contribution in [0.4, 0.5) is 5.69 Å². The van der Waals surface area contributed by atoms with Crippen molar-refractivity contribution in [2.45, 2.75) is 26.8 Å². The molecule has 1 atom stereocenters. The lowest BCUT2D eigenvalue weighted by atomic mass is 10.1. The minimum atomic E-state index is 0.125. The molecule has 5 heteroatoms. The van der Waals surface area contributed by atoms with Crippen LogP contribution in [0.3, 0.4) is 0 Å². The topological polar surface area (TPSA) is 69.9 Å². The number of hydrogen-bond donors (Lipinski definition) is 1. The van der Waals surface area contributed by atoms with Gasteiger partial charge in [0.05, 0.1) is 29.1 Å². The van der Waals surface area contributed by atoms with E-state index < -0.39 is 0 Å². The van der Waals surface area contributed by atoms with Gasteiger partial charge in [0.25, 0.3) is 0 Å². The largest absolute Gasteiger partial charge is 0.399 e. The first kappa shape index (κ1) is 11.8. The van der Waals surface area contributed by atoms with E-state index in [1.165, 1.54) is 0 Å². The lowest BCUT2D eigenvalue weighted by Crippen LogP contribution is -2.07. The Kier molecular flexibility index (Phi) is 2.55. The second kappa shape index (κ2) is 4.12. The number of aryl methyl sites for hydroxylation is 2. The van der Waals surface area contributed by atoms with Crippen LogP contribution in [0.15, 0.2) is 29.0 Å². The highest BCUT2D eigenvalue weighted by Crippen LogP contribution is 2.28. The highest BCUT2D eigenvalue weighted by atomic mass is 16.5. The van der Waals surface area contributed by atoms with Crippen molar-refractivity contribution in [2.75, 3.05) is 5.73 Å². The average Bonchev–Trinajstić information content (AvgIpc) is 2.92. The monoisotopic (exact) mass is 256 g/mol. The summed E-state index contributed by atoms with van der Waals surface area (Å²) in [6, 6.07) is 5.89. The lowest BCUT2D eigenvalue weighted by molar-refractivity contribution is 0.391. The summed E-state index contributed by atoms with van der Waals surface area (Å²) in [4.78, 5) is 4.40. The van der Waals surface area contributed by atoms with E-state index in [0.29, 0.717) is 0 Å². The molecule has 1 aromatic carbocycles. The summed E-state index contributed by atoms with van der Waals surface area (Å²) >= 11 is 0. The van der Waals surface area contributed by atoms with Gasteiger partial charge in [0, 0.05) is 11.3 Å². The molecule has 5 nitrogen and oxygen atoms in total. The zero-order valence-electron chi connectivity index (χ0n) is 11.2.